The fourth-order valence-corrected chi connectivity index (χ4v) is 4.68. The normalized spacial score (nSPS) is 23.0. The Labute approximate surface area is 151 Å². The molecule has 130 valence electrons. The third-order valence-corrected chi connectivity index (χ3v) is 5.93. The van der Waals surface area contributed by atoms with Gasteiger partial charge in [-0.05, 0) is 22.9 Å². The monoisotopic (exact) mass is 378 g/mol. The molecule has 25 heavy (non-hydrogen) atoms. The Morgan fingerprint density at radius 2 is 1.80 bits per heavy atom. The molecule has 0 amide bonds. The molecule has 3 rings (SSSR count). The third kappa shape index (κ3) is 2.53. The van der Waals surface area contributed by atoms with Crippen LogP contribution in [0.15, 0.2) is 40.6 Å². The first-order valence-electron chi connectivity index (χ1n) is 7.22. The molecule has 6 nitrogen and oxygen atoms in total. The van der Waals surface area contributed by atoms with Gasteiger partial charge in [0, 0.05) is 15.3 Å². The molecule has 2 unspecified atom stereocenters. The summed E-state index contributed by atoms with van der Waals surface area (Å²) >= 11 is 2.43. The Morgan fingerprint density at radius 3 is 2.32 bits per heavy atom. The van der Waals surface area contributed by atoms with Gasteiger partial charge in [-0.2, -0.15) is 0 Å². The van der Waals surface area contributed by atoms with Crippen LogP contribution in [0, 0.1) is 5.92 Å². The number of carbonyl (C=O) groups excluding carboxylic acids is 3. The van der Waals surface area contributed by atoms with E-state index in [9.17, 15) is 19.5 Å². The number of thiophene rings is 2. The SMILES string of the molecule is COC(=O)C1=C(c2cccs2)C(O)(c2cccs2)C(C(=O)OC)C1=O. The van der Waals surface area contributed by atoms with E-state index in [0.717, 1.165) is 14.2 Å². The Bertz CT molecular complexity index is 850. The standard InChI is InChI=1S/C17H14O6S2/c1-22-15(19)11-12(9-5-3-7-24-9)17(21,10-6-4-8-25-10)13(14(11)18)16(20)23-2/h3-8,13,21H,1-2H3. The summed E-state index contributed by atoms with van der Waals surface area (Å²) in [5, 5.41) is 15.0. The molecule has 0 aliphatic heterocycles. The minimum Gasteiger partial charge on any atom is -0.468 e. The predicted octanol–water partition coefficient (Wildman–Crippen LogP) is 2.00. The molecule has 1 aliphatic rings. The van der Waals surface area contributed by atoms with E-state index >= 15 is 0 Å². The summed E-state index contributed by atoms with van der Waals surface area (Å²) in [4.78, 5) is 38.4. The van der Waals surface area contributed by atoms with Gasteiger partial charge in [-0.15, -0.1) is 22.7 Å². The molecule has 2 heterocycles. The lowest BCUT2D eigenvalue weighted by Crippen LogP contribution is -2.41. The van der Waals surface area contributed by atoms with Crippen molar-refractivity contribution in [3.05, 3.63) is 50.4 Å². The van der Waals surface area contributed by atoms with E-state index in [4.69, 9.17) is 9.47 Å². The lowest BCUT2D eigenvalue weighted by molar-refractivity contribution is -0.155. The van der Waals surface area contributed by atoms with Crippen molar-refractivity contribution in [3.8, 4) is 0 Å². The number of esters is 2. The fraction of sp³-hybridized carbons (Fsp3) is 0.235. The molecule has 0 bridgehead atoms. The average molecular weight is 378 g/mol. The molecule has 2 aromatic heterocycles. The van der Waals surface area contributed by atoms with Gasteiger partial charge >= 0.3 is 11.9 Å². The predicted molar refractivity (Wildman–Crippen MR) is 92.0 cm³/mol. The van der Waals surface area contributed by atoms with Crippen molar-refractivity contribution >= 4 is 46.0 Å². The second kappa shape index (κ2) is 6.55. The highest BCUT2D eigenvalue weighted by atomic mass is 32.1. The maximum atomic E-state index is 12.9. The van der Waals surface area contributed by atoms with Crippen LogP contribution in [0.4, 0.5) is 0 Å². The summed E-state index contributed by atoms with van der Waals surface area (Å²) in [7, 11) is 2.27. The molecule has 0 saturated carbocycles. The fourth-order valence-electron chi connectivity index (χ4n) is 2.99. The van der Waals surface area contributed by atoms with E-state index in [1.165, 1.54) is 22.7 Å². The van der Waals surface area contributed by atoms with Gasteiger partial charge in [-0.25, -0.2) is 4.79 Å². The van der Waals surface area contributed by atoms with E-state index in [2.05, 4.69) is 0 Å². The lowest BCUT2D eigenvalue weighted by Gasteiger charge is -2.29. The molecule has 8 heteroatoms. The Morgan fingerprint density at radius 1 is 1.12 bits per heavy atom. The molecule has 0 aromatic carbocycles. The lowest BCUT2D eigenvalue weighted by atomic mass is 9.83. The number of Topliss-reactive ketones (excluding diaryl/α,β-unsaturated/α-hetero) is 1. The maximum Gasteiger partial charge on any atom is 0.341 e. The minimum absolute atomic E-state index is 0.0807. The van der Waals surface area contributed by atoms with Gasteiger partial charge in [0.15, 0.2) is 11.7 Å². The Balaban J connectivity index is 2.35. The smallest absolute Gasteiger partial charge is 0.341 e. The highest BCUT2D eigenvalue weighted by molar-refractivity contribution is 7.11. The van der Waals surface area contributed by atoms with Crippen LogP contribution >= 0.6 is 22.7 Å². The van der Waals surface area contributed by atoms with Gasteiger partial charge < -0.3 is 14.6 Å². The van der Waals surface area contributed by atoms with E-state index in [1.54, 1.807) is 35.0 Å². The van der Waals surface area contributed by atoms with Crippen LogP contribution in [0.3, 0.4) is 0 Å². The van der Waals surface area contributed by atoms with E-state index in [0.29, 0.717) is 9.75 Å². The van der Waals surface area contributed by atoms with Crippen molar-refractivity contribution in [2.24, 2.45) is 5.92 Å². The second-order valence-corrected chi connectivity index (χ2v) is 7.18. The summed E-state index contributed by atoms with van der Waals surface area (Å²) in [6.07, 6.45) is 0. The molecule has 0 spiro atoms. The molecule has 1 aliphatic carbocycles. The quantitative estimate of drug-likeness (QED) is 0.497. The van der Waals surface area contributed by atoms with Crippen LogP contribution in [-0.2, 0) is 29.5 Å². The third-order valence-electron chi connectivity index (χ3n) is 4.05. The number of ether oxygens (including phenoxy) is 2. The Kier molecular flexibility index (Phi) is 4.59. The maximum absolute atomic E-state index is 12.9. The van der Waals surface area contributed by atoms with Gasteiger partial charge in [-0.3, -0.25) is 9.59 Å². The topological polar surface area (TPSA) is 89.9 Å². The van der Waals surface area contributed by atoms with E-state index in [1.807, 2.05) is 0 Å². The summed E-state index contributed by atoms with van der Waals surface area (Å²) in [5.74, 6) is -4.18. The summed E-state index contributed by atoms with van der Waals surface area (Å²) in [6, 6.07) is 6.71. The van der Waals surface area contributed by atoms with Crippen molar-refractivity contribution in [2.45, 2.75) is 5.60 Å². The number of aliphatic hydroxyl groups is 1. The highest BCUT2D eigenvalue weighted by Gasteiger charge is 2.60. The zero-order valence-corrected chi connectivity index (χ0v) is 15.0. The largest absolute Gasteiger partial charge is 0.468 e. The van der Waals surface area contributed by atoms with Crippen LogP contribution in [0.1, 0.15) is 9.75 Å². The molecule has 2 atom stereocenters. The minimum atomic E-state index is -1.99. The summed E-state index contributed by atoms with van der Waals surface area (Å²) in [5.41, 5.74) is -2.24. The van der Waals surface area contributed by atoms with Crippen LogP contribution in [0.2, 0.25) is 0 Å². The summed E-state index contributed by atoms with van der Waals surface area (Å²) in [6.45, 7) is 0. The number of ketones is 1. The average Bonchev–Trinajstić information content (AvgIpc) is 3.34. The Hall–Kier alpha value is -2.29. The summed E-state index contributed by atoms with van der Waals surface area (Å²) < 4.78 is 9.47. The van der Waals surface area contributed by atoms with Crippen molar-refractivity contribution in [2.75, 3.05) is 14.2 Å². The molecule has 1 N–H and O–H groups in total. The molecule has 0 radical (unpaired) electrons. The molecule has 0 saturated heterocycles. The molecular formula is C17H14O6S2. The number of hydrogen-bond acceptors (Lipinski definition) is 8. The van der Waals surface area contributed by atoms with Crippen LogP contribution in [0.5, 0.6) is 0 Å². The zero-order chi connectivity index (χ0) is 18.2. The van der Waals surface area contributed by atoms with Crippen molar-refractivity contribution < 1.29 is 29.0 Å². The van der Waals surface area contributed by atoms with Crippen LogP contribution in [0.25, 0.3) is 5.57 Å². The first-order valence-corrected chi connectivity index (χ1v) is 8.98. The molecule has 0 fully saturated rings. The van der Waals surface area contributed by atoms with Gasteiger partial charge in [0.25, 0.3) is 0 Å². The second-order valence-electron chi connectivity index (χ2n) is 5.28. The first kappa shape index (κ1) is 17.5. The first-order chi connectivity index (χ1) is 12.0. The van der Waals surface area contributed by atoms with Crippen LogP contribution in [-0.4, -0.2) is 37.0 Å². The number of methoxy groups -OCH3 is 2. The van der Waals surface area contributed by atoms with Crippen molar-refractivity contribution in [1.29, 1.82) is 0 Å². The van der Waals surface area contributed by atoms with Gasteiger partial charge in [-0.1, -0.05) is 12.1 Å². The highest BCUT2D eigenvalue weighted by Crippen LogP contribution is 2.53. The molecule has 2 aromatic rings. The van der Waals surface area contributed by atoms with Gasteiger partial charge in [0.05, 0.1) is 14.2 Å². The van der Waals surface area contributed by atoms with Crippen molar-refractivity contribution in [3.63, 3.8) is 0 Å². The van der Waals surface area contributed by atoms with Gasteiger partial charge in [0.2, 0.25) is 0 Å². The number of hydrogen-bond donors (Lipinski definition) is 1. The van der Waals surface area contributed by atoms with E-state index < -0.39 is 29.2 Å². The van der Waals surface area contributed by atoms with Gasteiger partial charge in [0.1, 0.15) is 11.2 Å². The number of rotatable bonds is 4. The number of carbonyl (C=O) groups is 3. The van der Waals surface area contributed by atoms with E-state index in [-0.39, 0.29) is 11.1 Å². The zero-order valence-electron chi connectivity index (χ0n) is 13.3. The van der Waals surface area contributed by atoms with Crippen molar-refractivity contribution in [1.82, 2.24) is 0 Å². The van der Waals surface area contributed by atoms with Crippen LogP contribution < -0.4 is 0 Å². The molecular weight excluding hydrogens is 364 g/mol.